The van der Waals surface area contributed by atoms with Crippen LogP contribution in [0.4, 0.5) is 0 Å². The summed E-state index contributed by atoms with van der Waals surface area (Å²) in [7, 11) is -9.91. The molecule has 0 spiro atoms. The van der Waals surface area contributed by atoms with Crippen molar-refractivity contribution in [3.63, 3.8) is 0 Å². The number of phosphoric ester groups is 2. The molecule has 0 aliphatic heterocycles. The van der Waals surface area contributed by atoms with Gasteiger partial charge in [0.05, 0.1) is 26.4 Å². The summed E-state index contributed by atoms with van der Waals surface area (Å²) < 4.78 is 68.4. The molecule has 0 aromatic rings. The van der Waals surface area contributed by atoms with Crippen molar-refractivity contribution in [1.82, 2.24) is 0 Å². The molecular formula is C72H140O17P2. The molecule has 0 aromatic carbocycles. The van der Waals surface area contributed by atoms with Crippen LogP contribution in [0.2, 0.25) is 0 Å². The molecule has 3 N–H and O–H groups in total. The Hall–Kier alpha value is -1.94. The molecule has 0 amide bonds. The maximum absolute atomic E-state index is 13.0. The van der Waals surface area contributed by atoms with Gasteiger partial charge in [-0.25, -0.2) is 9.13 Å². The van der Waals surface area contributed by atoms with Gasteiger partial charge in [-0.1, -0.05) is 306 Å². The highest BCUT2D eigenvalue weighted by Gasteiger charge is 2.30. The summed E-state index contributed by atoms with van der Waals surface area (Å²) in [5, 5.41) is 10.6. The number of carbonyl (C=O) groups excluding carboxylic acids is 4. The molecular weight excluding hydrogens is 1200 g/mol. The van der Waals surface area contributed by atoms with Crippen LogP contribution < -0.4 is 0 Å². The summed E-state index contributed by atoms with van der Waals surface area (Å²) in [4.78, 5) is 72.6. The van der Waals surface area contributed by atoms with E-state index in [0.717, 1.165) is 120 Å². The predicted octanol–water partition coefficient (Wildman–Crippen LogP) is 20.5. The van der Waals surface area contributed by atoms with Gasteiger partial charge in [-0.2, -0.15) is 0 Å². The van der Waals surface area contributed by atoms with Gasteiger partial charge in [0, 0.05) is 25.7 Å². The van der Waals surface area contributed by atoms with Gasteiger partial charge in [0.15, 0.2) is 12.2 Å². The predicted molar refractivity (Wildman–Crippen MR) is 367 cm³/mol. The van der Waals surface area contributed by atoms with Crippen molar-refractivity contribution in [2.75, 3.05) is 39.6 Å². The maximum atomic E-state index is 13.0. The van der Waals surface area contributed by atoms with E-state index in [0.29, 0.717) is 25.7 Å². The highest BCUT2D eigenvalue weighted by Crippen LogP contribution is 2.45. The number of hydrogen-bond donors (Lipinski definition) is 3. The zero-order valence-corrected chi connectivity index (χ0v) is 61.3. The first-order chi connectivity index (χ1) is 43.7. The first-order valence-corrected chi connectivity index (χ1v) is 40.3. The minimum atomic E-state index is -4.96. The Balaban J connectivity index is 5.27. The Kier molecular flexibility index (Phi) is 60.3. The van der Waals surface area contributed by atoms with Crippen LogP contribution in [-0.2, 0) is 65.4 Å². The summed E-state index contributed by atoms with van der Waals surface area (Å²) in [6, 6.07) is 0. The fourth-order valence-corrected chi connectivity index (χ4v) is 12.3. The zero-order chi connectivity index (χ0) is 67.5. The summed E-state index contributed by atoms with van der Waals surface area (Å²) in [5.74, 6) is 0.957. The molecule has 0 aliphatic rings. The lowest BCUT2D eigenvalue weighted by Gasteiger charge is -2.21. The molecule has 0 heterocycles. The number of unbranched alkanes of at least 4 members (excludes halogenated alkanes) is 32. The molecule has 0 bridgehead atoms. The van der Waals surface area contributed by atoms with E-state index in [9.17, 15) is 43.2 Å². The number of carbonyl (C=O) groups is 4. The van der Waals surface area contributed by atoms with Gasteiger partial charge in [0.25, 0.3) is 0 Å². The van der Waals surface area contributed by atoms with Crippen LogP contribution in [0.3, 0.4) is 0 Å². The van der Waals surface area contributed by atoms with E-state index in [4.69, 9.17) is 37.0 Å². The van der Waals surface area contributed by atoms with Gasteiger partial charge in [0.2, 0.25) is 0 Å². The van der Waals surface area contributed by atoms with Crippen molar-refractivity contribution in [3.8, 4) is 0 Å². The van der Waals surface area contributed by atoms with E-state index in [1.165, 1.54) is 154 Å². The van der Waals surface area contributed by atoms with Crippen LogP contribution in [0.5, 0.6) is 0 Å². The molecule has 19 heteroatoms. The number of rotatable bonds is 69. The highest BCUT2D eigenvalue weighted by atomic mass is 31.2. The largest absolute Gasteiger partial charge is 0.472 e. The third-order valence-corrected chi connectivity index (χ3v) is 19.6. The summed E-state index contributed by atoms with van der Waals surface area (Å²) >= 11 is 0. The average Bonchev–Trinajstić information content (AvgIpc) is 3.74. The molecule has 17 nitrogen and oxygen atoms in total. The van der Waals surface area contributed by atoms with Gasteiger partial charge in [0.1, 0.15) is 19.3 Å². The van der Waals surface area contributed by atoms with Crippen molar-refractivity contribution >= 4 is 39.5 Å². The molecule has 5 unspecified atom stereocenters. The number of ether oxygens (including phenoxy) is 4. The first kappa shape index (κ1) is 89.1. The molecule has 0 saturated carbocycles. The lowest BCUT2D eigenvalue weighted by Crippen LogP contribution is -2.30. The number of esters is 4. The standard InChI is InChI=1S/C72H140O17P2/c1-9-63(6)49-41-33-25-19-16-17-21-28-38-46-54-71(76)88-67(58-82-69(74)52-44-36-27-20-15-13-12-14-18-24-32-40-48-62(4)5)60-86-90(78,79)84-56-66(73)57-85-91(80,81)87-61-68(59-83-70(75)53-45-37-31-30-35-43-51-65(8)11-3)89-72(77)55-47-39-29-23-22-26-34-42-50-64(7)10-2/h62-68,73H,9-61H2,1-8H3,(H,78,79)(H,80,81)/t63?,64?,65?,66-,67-,68-/m1/s1. The zero-order valence-electron chi connectivity index (χ0n) is 59.5. The van der Waals surface area contributed by atoms with Crippen molar-refractivity contribution in [2.45, 2.75) is 375 Å². The van der Waals surface area contributed by atoms with Gasteiger partial charge < -0.3 is 33.8 Å². The average molecular weight is 1340 g/mol. The first-order valence-electron chi connectivity index (χ1n) is 37.3. The quantitative estimate of drug-likeness (QED) is 0.0222. The fourth-order valence-electron chi connectivity index (χ4n) is 10.7. The summed E-state index contributed by atoms with van der Waals surface area (Å²) in [6.07, 6.45) is 44.3. The number of hydrogen-bond acceptors (Lipinski definition) is 15. The van der Waals surface area contributed by atoms with Crippen molar-refractivity contribution in [2.24, 2.45) is 23.7 Å². The molecule has 0 fully saturated rings. The third kappa shape index (κ3) is 62.6. The Labute approximate surface area is 556 Å². The minimum Gasteiger partial charge on any atom is -0.462 e. The number of phosphoric acid groups is 2. The van der Waals surface area contributed by atoms with Crippen molar-refractivity contribution in [3.05, 3.63) is 0 Å². The van der Waals surface area contributed by atoms with Crippen LogP contribution in [0.1, 0.15) is 357 Å². The molecule has 0 aliphatic carbocycles. The highest BCUT2D eigenvalue weighted by molar-refractivity contribution is 7.47. The molecule has 91 heavy (non-hydrogen) atoms. The molecule has 0 aromatic heterocycles. The van der Waals surface area contributed by atoms with Crippen LogP contribution in [0.25, 0.3) is 0 Å². The SMILES string of the molecule is CCC(C)CCCCCCCCCCCCC(=O)O[C@H](COC(=O)CCCCCCCCCCCCCCC(C)C)COP(=O)(O)OC[C@@H](O)COP(=O)(O)OC[C@@H](COC(=O)CCCCCCCCC(C)CC)OC(=O)CCCCCCCCCCC(C)CC. The third-order valence-electron chi connectivity index (χ3n) is 17.7. The lowest BCUT2D eigenvalue weighted by atomic mass is 9.99. The van der Waals surface area contributed by atoms with Gasteiger partial charge in [-0.05, 0) is 49.4 Å². The van der Waals surface area contributed by atoms with Gasteiger partial charge in [-0.15, -0.1) is 0 Å². The van der Waals surface area contributed by atoms with E-state index < -0.39 is 97.5 Å². The monoisotopic (exact) mass is 1340 g/mol. The second kappa shape index (κ2) is 61.6. The summed E-state index contributed by atoms with van der Waals surface area (Å²) in [5.41, 5.74) is 0. The molecule has 0 rings (SSSR count). The normalized spacial score (nSPS) is 15.1. The van der Waals surface area contributed by atoms with E-state index in [-0.39, 0.29) is 25.7 Å². The lowest BCUT2D eigenvalue weighted by molar-refractivity contribution is -0.161. The molecule has 540 valence electrons. The number of aliphatic hydroxyl groups is 1. The Bertz CT molecular complexity index is 1800. The van der Waals surface area contributed by atoms with Crippen LogP contribution in [-0.4, -0.2) is 96.7 Å². The second-order valence-corrected chi connectivity index (χ2v) is 30.1. The van der Waals surface area contributed by atoms with Crippen LogP contribution in [0.15, 0.2) is 0 Å². The van der Waals surface area contributed by atoms with E-state index in [2.05, 4.69) is 55.4 Å². The van der Waals surface area contributed by atoms with E-state index >= 15 is 0 Å². The van der Waals surface area contributed by atoms with E-state index in [1.807, 2.05) is 0 Å². The topological polar surface area (TPSA) is 237 Å². The number of aliphatic hydroxyl groups excluding tert-OH is 1. The van der Waals surface area contributed by atoms with Gasteiger partial charge in [-0.3, -0.25) is 37.3 Å². The fraction of sp³-hybridized carbons (Fsp3) is 0.944. The maximum Gasteiger partial charge on any atom is 0.472 e. The Morgan fingerprint density at radius 3 is 0.780 bits per heavy atom. The molecule has 0 saturated heterocycles. The van der Waals surface area contributed by atoms with Crippen molar-refractivity contribution in [1.29, 1.82) is 0 Å². The second-order valence-electron chi connectivity index (χ2n) is 27.2. The smallest absolute Gasteiger partial charge is 0.462 e. The van der Waals surface area contributed by atoms with Crippen molar-refractivity contribution < 1.29 is 80.2 Å². The minimum absolute atomic E-state index is 0.104. The Morgan fingerprint density at radius 1 is 0.308 bits per heavy atom. The van der Waals surface area contributed by atoms with E-state index in [1.54, 1.807) is 0 Å². The Morgan fingerprint density at radius 2 is 0.527 bits per heavy atom. The van der Waals surface area contributed by atoms with Crippen LogP contribution in [0, 0.1) is 23.7 Å². The van der Waals surface area contributed by atoms with Gasteiger partial charge >= 0.3 is 39.5 Å². The molecule has 0 radical (unpaired) electrons. The molecule has 8 atom stereocenters. The summed E-state index contributed by atoms with van der Waals surface area (Å²) in [6.45, 7) is 14.2. The van der Waals surface area contributed by atoms with Crippen LogP contribution >= 0.6 is 15.6 Å².